The normalized spacial score (nSPS) is 17.6. The fourth-order valence-electron chi connectivity index (χ4n) is 0.278. The maximum atomic E-state index is 2.25. The van der Waals surface area contributed by atoms with Crippen molar-refractivity contribution in [3.05, 3.63) is 21.9 Å². The molecule has 0 radical (unpaired) electrons. The van der Waals surface area contributed by atoms with Crippen LogP contribution in [0.25, 0.3) is 0 Å². The molecular weight excluding hydrogens is 123 g/mol. The molecule has 0 fully saturated rings. The van der Waals surface area contributed by atoms with Gasteiger partial charge in [0, 0.05) is 0 Å². The Morgan fingerprint density at radius 3 is 1.80 bits per heavy atom. The summed E-state index contributed by atoms with van der Waals surface area (Å²) in [5, 5.41) is 0. The van der Waals surface area contributed by atoms with Crippen molar-refractivity contribution in [3.8, 4) is 0 Å². The van der Waals surface area contributed by atoms with E-state index in [-0.39, 0.29) is 15.8 Å². The van der Waals surface area contributed by atoms with Crippen LogP contribution < -0.4 is 0 Å². The van der Waals surface area contributed by atoms with Crippen LogP contribution in [0.3, 0.4) is 0 Å². The van der Waals surface area contributed by atoms with E-state index in [9.17, 15) is 0 Å². The van der Waals surface area contributed by atoms with Gasteiger partial charge in [0.25, 0.3) is 0 Å². The van der Waals surface area contributed by atoms with Crippen molar-refractivity contribution in [2.75, 3.05) is 0 Å². The molecule has 1 heterocycles. The van der Waals surface area contributed by atoms with E-state index >= 15 is 0 Å². The molecule has 0 bridgehead atoms. The molecule has 0 N–H and O–H groups in total. The second-order valence-corrected chi connectivity index (χ2v) is 2.98. The third-order valence-corrected chi connectivity index (χ3v) is 2.11. The summed E-state index contributed by atoms with van der Waals surface area (Å²) in [6, 6.07) is 0. The Hall–Kier alpha value is 0.0384. The van der Waals surface area contributed by atoms with Gasteiger partial charge in [-0.2, -0.15) is 0 Å². The third-order valence-electron chi connectivity index (χ3n) is 0.496. The zero-order chi connectivity index (χ0) is 3.54. The number of allylic oxidation sites excluding steroid dienone is 2. The van der Waals surface area contributed by atoms with Gasteiger partial charge in [0.1, 0.15) is 0 Å². The second kappa shape index (κ2) is 1.47. The van der Waals surface area contributed by atoms with Gasteiger partial charge in [0.15, 0.2) is 0 Å². The summed E-state index contributed by atoms with van der Waals surface area (Å²) in [4.78, 5) is 4.50. The van der Waals surface area contributed by atoms with E-state index in [2.05, 4.69) is 21.9 Å². The number of hydrogen-bond acceptors (Lipinski definition) is 0. The summed E-state index contributed by atoms with van der Waals surface area (Å²) in [5.74, 6) is 0. The van der Waals surface area contributed by atoms with Crippen LogP contribution in [0.2, 0.25) is 0 Å². The Morgan fingerprint density at radius 1 is 1.00 bits per heavy atom. The minimum absolute atomic E-state index is 0.278. The van der Waals surface area contributed by atoms with E-state index in [0.717, 1.165) is 0 Å². The van der Waals surface area contributed by atoms with Crippen LogP contribution in [0.5, 0.6) is 0 Å². The average molecular weight is 128 g/mol. The summed E-state index contributed by atoms with van der Waals surface area (Å²) in [7, 11) is 0. The summed E-state index contributed by atoms with van der Waals surface area (Å²) in [6.45, 7) is 0. The Bertz CT molecular complexity index is 61.7. The van der Waals surface area contributed by atoms with Gasteiger partial charge < -0.3 is 0 Å². The summed E-state index contributed by atoms with van der Waals surface area (Å²) >= 11 is 0.278. The van der Waals surface area contributed by atoms with Crippen molar-refractivity contribution in [2.45, 2.75) is 0 Å². The molecular formula is C4H5As. The first-order valence-corrected chi connectivity index (χ1v) is 4.00. The summed E-state index contributed by atoms with van der Waals surface area (Å²) in [5.41, 5.74) is 0. The van der Waals surface area contributed by atoms with Crippen LogP contribution in [-0.2, 0) is 0 Å². The van der Waals surface area contributed by atoms with Crippen molar-refractivity contribution in [1.29, 1.82) is 0 Å². The van der Waals surface area contributed by atoms with Gasteiger partial charge in [-0.1, -0.05) is 0 Å². The van der Waals surface area contributed by atoms with Crippen LogP contribution >= 0.6 is 0 Å². The first kappa shape index (κ1) is 3.24. The average Bonchev–Trinajstić information content (AvgIpc) is 1.76. The number of hydrogen-bond donors (Lipinski definition) is 0. The molecule has 0 spiro atoms. The molecule has 0 aromatic heterocycles. The molecule has 0 atom stereocenters. The molecule has 0 nitrogen and oxygen atoms in total. The van der Waals surface area contributed by atoms with Crippen LogP contribution in [0.4, 0.5) is 0 Å². The van der Waals surface area contributed by atoms with E-state index in [0.29, 0.717) is 0 Å². The van der Waals surface area contributed by atoms with Crippen LogP contribution in [0, 0.1) is 0 Å². The fraction of sp³-hybridized carbons (Fsp3) is 0. The van der Waals surface area contributed by atoms with Gasteiger partial charge in [-0.25, -0.2) is 0 Å². The molecule has 0 aromatic carbocycles. The molecule has 1 aliphatic heterocycles. The van der Waals surface area contributed by atoms with Crippen LogP contribution in [-0.4, -0.2) is 15.8 Å². The quantitative estimate of drug-likeness (QED) is 0.416. The SMILES string of the molecule is C1=C[AsH]C=C1. The molecule has 0 aliphatic carbocycles. The van der Waals surface area contributed by atoms with Gasteiger partial charge in [-0.3, -0.25) is 0 Å². The molecule has 26 valence electrons. The topological polar surface area (TPSA) is 0 Å². The number of rotatable bonds is 0. The first-order chi connectivity index (χ1) is 2.50. The summed E-state index contributed by atoms with van der Waals surface area (Å²) < 4.78 is 0. The van der Waals surface area contributed by atoms with Crippen molar-refractivity contribution in [1.82, 2.24) is 0 Å². The van der Waals surface area contributed by atoms with Gasteiger partial charge in [-0.05, 0) is 0 Å². The van der Waals surface area contributed by atoms with E-state index < -0.39 is 0 Å². The zero-order valence-corrected chi connectivity index (χ0v) is 4.91. The molecule has 0 aromatic rings. The second-order valence-electron chi connectivity index (χ2n) is 0.885. The predicted octanol–water partition coefficient (Wildman–Crippen LogP) is 0.464. The van der Waals surface area contributed by atoms with Gasteiger partial charge in [0.05, 0.1) is 0 Å². The molecule has 0 amide bonds. The Balaban J connectivity index is 2.61. The van der Waals surface area contributed by atoms with Crippen molar-refractivity contribution >= 4 is 15.8 Å². The molecule has 5 heavy (non-hydrogen) atoms. The van der Waals surface area contributed by atoms with E-state index in [4.69, 9.17) is 0 Å². The monoisotopic (exact) mass is 128 g/mol. The van der Waals surface area contributed by atoms with Crippen LogP contribution in [0.15, 0.2) is 21.9 Å². The van der Waals surface area contributed by atoms with Crippen molar-refractivity contribution in [2.24, 2.45) is 0 Å². The standard InChI is InChI=1S/C4H5As/c1-2-4-5-3-1/h1-5H. The van der Waals surface area contributed by atoms with Gasteiger partial charge >= 0.3 is 37.6 Å². The molecule has 0 saturated heterocycles. The minimum atomic E-state index is 0.278. The van der Waals surface area contributed by atoms with Crippen LogP contribution in [0.1, 0.15) is 0 Å². The maximum absolute atomic E-state index is 2.25. The van der Waals surface area contributed by atoms with Gasteiger partial charge in [0.2, 0.25) is 0 Å². The molecule has 0 saturated carbocycles. The third kappa shape index (κ3) is 0.661. The van der Waals surface area contributed by atoms with E-state index in [1.807, 2.05) is 0 Å². The Kier molecular flexibility index (Phi) is 0.951. The predicted molar refractivity (Wildman–Crippen MR) is 25.4 cm³/mol. The first-order valence-electron chi connectivity index (χ1n) is 1.58. The van der Waals surface area contributed by atoms with Gasteiger partial charge in [-0.15, -0.1) is 0 Å². The summed E-state index contributed by atoms with van der Waals surface area (Å²) in [6.07, 6.45) is 4.22. The molecule has 1 aliphatic rings. The fourth-order valence-corrected chi connectivity index (χ4v) is 1.44. The molecule has 1 heteroatoms. The van der Waals surface area contributed by atoms with Crippen molar-refractivity contribution in [3.63, 3.8) is 0 Å². The Labute approximate surface area is 38.3 Å². The van der Waals surface area contributed by atoms with Crippen molar-refractivity contribution < 1.29 is 0 Å². The Morgan fingerprint density at radius 2 is 1.60 bits per heavy atom. The van der Waals surface area contributed by atoms with E-state index in [1.165, 1.54) is 0 Å². The van der Waals surface area contributed by atoms with E-state index in [1.54, 1.807) is 0 Å². The molecule has 1 rings (SSSR count). The molecule has 0 unspecified atom stereocenters. The zero-order valence-electron chi connectivity index (χ0n) is 2.81.